The molecule has 19 heavy (non-hydrogen) atoms. The molecule has 1 fully saturated rings. The van der Waals surface area contributed by atoms with Crippen molar-refractivity contribution in [2.24, 2.45) is 17.1 Å². The highest BCUT2D eigenvalue weighted by molar-refractivity contribution is 7.14. The smallest absolute Gasteiger partial charge is 0.261 e. The lowest BCUT2D eigenvalue weighted by atomic mass is 9.92. The van der Waals surface area contributed by atoms with Gasteiger partial charge in [-0.1, -0.05) is 25.7 Å². The Morgan fingerprint density at radius 2 is 2.26 bits per heavy atom. The zero-order valence-electron chi connectivity index (χ0n) is 11.5. The van der Waals surface area contributed by atoms with Gasteiger partial charge in [0.25, 0.3) is 5.91 Å². The summed E-state index contributed by atoms with van der Waals surface area (Å²) in [5, 5.41) is 3.05. The first-order valence-corrected chi connectivity index (χ1v) is 7.46. The fourth-order valence-electron chi connectivity index (χ4n) is 2.13. The Kier molecular flexibility index (Phi) is 4.28. The molecular formula is C15H20N2OS. The molecule has 4 heteroatoms. The quantitative estimate of drug-likeness (QED) is 0.829. The van der Waals surface area contributed by atoms with Gasteiger partial charge in [-0.05, 0) is 36.3 Å². The number of nitrogens with one attached hydrogen (secondary N) is 1. The summed E-state index contributed by atoms with van der Waals surface area (Å²) in [4.78, 5) is 13.7. The molecule has 1 saturated carbocycles. The Labute approximate surface area is 118 Å². The molecule has 3 nitrogen and oxygen atoms in total. The van der Waals surface area contributed by atoms with E-state index in [-0.39, 0.29) is 5.91 Å². The SMILES string of the molecule is CC(C)C1(CNC(=O)c2ccc(C#CCN)s2)CC1. The lowest BCUT2D eigenvalue weighted by Crippen LogP contribution is -2.32. The molecule has 1 heterocycles. The van der Waals surface area contributed by atoms with Gasteiger partial charge in [0.2, 0.25) is 0 Å². The number of amides is 1. The summed E-state index contributed by atoms with van der Waals surface area (Å²) in [6.07, 6.45) is 2.45. The predicted octanol–water partition coefficient (Wildman–Crippen LogP) is 2.22. The van der Waals surface area contributed by atoms with Crippen molar-refractivity contribution in [2.45, 2.75) is 26.7 Å². The minimum atomic E-state index is 0.0118. The topological polar surface area (TPSA) is 55.1 Å². The van der Waals surface area contributed by atoms with Crippen molar-refractivity contribution in [3.8, 4) is 11.8 Å². The Bertz CT molecular complexity index is 518. The second-order valence-electron chi connectivity index (χ2n) is 5.37. The van der Waals surface area contributed by atoms with Crippen LogP contribution in [0.15, 0.2) is 12.1 Å². The van der Waals surface area contributed by atoms with E-state index in [4.69, 9.17) is 5.73 Å². The lowest BCUT2D eigenvalue weighted by Gasteiger charge is -2.19. The Balaban J connectivity index is 1.91. The van der Waals surface area contributed by atoms with Crippen LogP contribution in [0, 0.1) is 23.2 Å². The molecule has 1 aromatic heterocycles. The van der Waals surface area contributed by atoms with Crippen molar-refractivity contribution in [2.75, 3.05) is 13.1 Å². The standard InChI is InChI=1S/C15H20N2OS/c1-11(2)15(7-8-15)10-17-14(18)13-6-5-12(19-13)4-3-9-16/h5-6,11H,7-10,16H2,1-2H3,(H,17,18). The highest BCUT2D eigenvalue weighted by Gasteiger charge is 2.45. The fourth-order valence-corrected chi connectivity index (χ4v) is 2.92. The molecule has 0 unspecified atom stereocenters. The number of carbonyl (C=O) groups is 1. The Morgan fingerprint density at radius 3 is 2.84 bits per heavy atom. The predicted molar refractivity (Wildman–Crippen MR) is 79.1 cm³/mol. The van der Waals surface area contributed by atoms with Crippen LogP contribution >= 0.6 is 11.3 Å². The van der Waals surface area contributed by atoms with E-state index in [1.807, 2.05) is 12.1 Å². The molecule has 1 aliphatic rings. The number of carbonyl (C=O) groups excluding carboxylic acids is 1. The molecule has 0 atom stereocenters. The summed E-state index contributed by atoms with van der Waals surface area (Å²) < 4.78 is 0. The summed E-state index contributed by atoms with van der Waals surface area (Å²) in [5.41, 5.74) is 5.67. The molecule has 0 spiro atoms. The van der Waals surface area contributed by atoms with Gasteiger partial charge < -0.3 is 11.1 Å². The van der Waals surface area contributed by atoms with Crippen LogP contribution in [0.25, 0.3) is 0 Å². The van der Waals surface area contributed by atoms with Gasteiger partial charge in [0.15, 0.2) is 0 Å². The first-order valence-electron chi connectivity index (χ1n) is 6.64. The molecule has 1 aromatic rings. The van der Waals surface area contributed by atoms with Crippen LogP contribution in [0.1, 0.15) is 41.2 Å². The summed E-state index contributed by atoms with van der Waals surface area (Å²) in [6, 6.07) is 3.70. The number of hydrogen-bond acceptors (Lipinski definition) is 3. The van der Waals surface area contributed by atoms with Crippen LogP contribution in [0.3, 0.4) is 0 Å². The largest absolute Gasteiger partial charge is 0.351 e. The molecule has 1 aliphatic carbocycles. The van der Waals surface area contributed by atoms with Crippen molar-refractivity contribution >= 4 is 17.2 Å². The number of rotatable bonds is 4. The molecule has 0 aliphatic heterocycles. The number of nitrogens with two attached hydrogens (primary N) is 1. The zero-order chi connectivity index (χ0) is 13.9. The van der Waals surface area contributed by atoms with E-state index in [0.717, 1.165) is 16.3 Å². The van der Waals surface area contributed by atoms with Crippen LogP contribution in [0.5, 0.6) is 0 Å². The third kappa shape index (κ3) is 3.37. The van der Waals surface area contributed by atoms with Crippen molar-refractivity contribution in [3.05, 3.63) is 21.9 Å². The number of thiophene rings is 1. The maximum absolute atomic E-state index is 12.1. The summed E-state index contributed by atoms with van der Waals surface area (Å²) in [7, 11) is 0. The van der Waals surface area contributed by atoms with Crippen molar-refractivity contribution in [3.63, 3.8) is 0 Å². The maximum atomic E-state index is 12.1. The summed E-state index contributed by atoms with van der Waals surface area (Å²) in [5.74, 6) is 6.38. The van der Waals surface area contributed by atoms with E-state index in [1.165, 1.54) is 24.2 Å². The van der Waals surface area contributed by atoms with E-state index in [1.54, 1.807) is 0 Å². The molecule has 102 valence electrons. The van der Waals surface area contributed by atoms with E-state index in [2.05, 4.69) is 31.0 Å². The Morgan fingerprint density at radius 1 is 1.53 bits per heavy atom. The van der Waals surface area contributed by atoms with Crippen LogP contribution in [-0.2, 0) is 0 Å². The minimum absolute atomic E-state index is 0.0118. The second kappa shape index (κ2) is 5.77. The Hall–Kier alpha value is -1.31. The maximum Gasteiger partial charge on any atom is 0.261 e. The van der Waals surface area contributed by atoms with Gasteiger partial charge in [-0.25, -0.2) is 0 Å². The fraction of sp³-hybridized carbons (Fsp3) is 0.533. The van der Waals surface area contributed by atoms with E-state index >= 15 is 0 Å². The van der Waals surface area contributed by atoms with Crippen LogP contribution in [0.2, 0.25) is 0 Å². The summed E-state index contributed by atoms with van der Waals surface area (Å²) in [6.45, 7) is 5.58. The third-order valence-electron chi connectivity index (χ3n) is 3.86. The third-order valence-corrected chi connectivity index (χ3v) is 4.86. The van der Waals surface area contributed by atoms with E-state index < -0.39 is 0 Å². The average Bonchev–Trinajstić information content (AvgIpc) is 3.05. The van der Waals surface area contributed by atoms with Gasteiger partial charge in [0.05, 0.1) is 16.3 Å². The minimum Gasteiger partial charge on any atom is -0.351 e. The molecule has 3 N–H and O–H groups in total. The van der Waals surface area contributed by atoms with Gasteiger partial charge >= 0.3 is 0 Å². The molecule has 0 radical (unpaired) electrons. The molecule has 1 amide bonds. The molecule has 0 saturated heterocycles. The molecule has 0 bridgehead atoms. The highest BCUT2D eigenvalue weighted by atomic mass is 32.1. The van der Waals surface area contributed by atoms with Crippen LogP contribution < -0.4 is 11.1 Å². The average molecular weight is 276 g/mol. The first kappa shape index (κ1) is 14.1. The van der Waals surface area contributed by atoms with Gasteiger partial charge in [0.1, 0.15) is 0 Å². The molecular weight excluding hydrogens is 256 g/mol. The van der Waals surface area contributed by atoms with Gasteiger partial charge in [-0.2, -0.15) is 0 Å². The second-order valence-corrected chi connectivity index (χ2v) is 6.45. The monoisotopic (exact) mass is 276 g/mol. The van der Waals surface area contributed by atoms with Crippen molar-refractivity contribution in [1.82, 2.24) is 5.32 Å². The number of hydrogen-bond donors (Lipinski definition) is 2. The lowest BCUT2D eigenvalue weighted by molar-refractivity contribution is 0.0944. The first-order chi connectivity index (χ1) is 9.07. The summed E-state index contributed by atoms with van der Waals surface area (Å²) >= 11 is 1.42. The molecule has 0 aromatic carbocycles. The zero-order valence-corrected chi connectivity index (χ0v) is 12.3. The van der Waals surface area contributed by atoms with Gasteiger partial charge in [-0.3, -0.25) is 4.79 Å². The van der Waals surface area contributed by atoms with E-state index in [0.29, 0.717) is 17.9 Å². The van der Waals surface area contributed by atoms with E-state index in [9.17, 15) is 4.79 Å². The van der Waals surface area contributed by atoms with Gasteiger partial charge in [0, 0.05) is 6.54 Å². The van der Waals surface area contributed by atoms with Crippen LogP contribution in [-0.4, -0.2) is 19.0 Å². The van der Waals surface area contributed by atoms with Crippen molar-refractivity contribution < 1.29 is 4.79 Å². The highest BCUT2D eigenvalue weighted by Crippen LogP contribution is 2.51. The normalized spacial score (nSPS) is 15.8. The molecule has 2 rings (SSSR count). The van der Waals surface area contributed by atoms with Gasteiger partial charge in [-0.15, -0.1) is 11.3 Å². The van der Waals surface area contributed by atoms with Crippen LogP contribution in [0.4, 0.5) is 0 Å². The van der Waals surface area contributed by atoms with Crippen molar-refractivity contribution in [1.29, 1.82) is 0 Å².